The lowest BCUT2D eigenvalue weighted by Crippen LogP contribution is -2.09. The monoisotopic (exact) mass is 279 g/mol. The molecular weight excluding hydrogens is 268 g/mol. The number of halogens is 3. The van der Waals surface area contributed by atoms with E-state index < -0.39 is 12.4 Å². The third kappa shape index (κ3) is 3.29. The number of esters is 1. The molecule has 100 valence electrons. The van der Waals surface area contributed by atoms with Crippen LogP contribution in [-0.2, 0) is 21.8 Å². The van der Waals surface area contributed by atoms with E-state index in [9.17, 15) is 13.6 Å². The van der Waals surface area contributed by atoms with Crippen LogP contribution in [0.15, 0.2) is 6.07 Å². The maximum absolute atomic E-state index is 12.9. The number of alkyl halides is 3. The molecule has 0 saturated carbocycles. The Balaban J connectivity index is 3.21. The Morgan fingerprint density at radius 1 is 1.50 bits per heavy atom. The van der Waals surface area contributed by atoms with Crippen molar-refractivity contribution in [2.75, 3.05) is 14.2 Å². The number of nitrogens with zero attached hydrogens (tertiary/aromatic N) is 1. The van der Waals surface area contributed by atoms with Gasteiger partial charge in [0.25, 0.3) is 6.43 Å². The lowest BCUT2D eigenvalue weighted by Gasteiger charge is -2.13. The second-order valence-electron chi connectivity index (χ2n) is 3.36. The van der Waals surface area contributed by atoms with Crippen LogP contribution >= 0.6 is 11.6 Å². The minimum absolute atomic E-state index is 0.00456. The van der Waals surface area contributed by atoms with Gasteiger partial charge in [0.2, 0.25) is 0 Å². The number of hydrogen-bond acceptors (Lipinski definition) is 4. The first-order valence-electron chi connectivity index (χ1n) is 5.01. The molecule has 1 heterocycles. The highest BCUT2D eigenvalue weighted by molar-refractivity contribution is 6.17. The fourth-order valence-corrected chi connectivity index (χ4v) is 1.66. The molecule has 0 N–H and O–H groups in total. The highest BCUT2D eigenvalue weighted by Crippen LogP contribution is 2.32. The van der Waals surface area contributed by atoms with E-state index in [4.69, 9.17) is 16.3 Å². The fourth-order valence-electron chi connectivity index (χ4n) is 1.45. The second kappa shape index (κ2) is 6.49. The maximum Gasteiger partial charge on any atom is 0.311 e. The smallest absolute Gasteiger partial charge is 0.311 e. The third-order valence-electron chi connectivity index (χ3n) is 2.27. The average Bonchev–Trinajstić information content (AvgIpc) is 2.36. The summed E-state index contributed by atoms with van der Waals surface area (Å²) >= 11 is 5.58. The van der Waals surface area contributed by atoms with Crippen molar-refractivity contribution in [3.8, 4) is 5.75 Å². The Morgan fingerprint density at radius 2 is 2.17 bits per heavy atom. The molecule has 0 aliphatic rings. The van der Waals surface area contributed by atoms with Gasteiger partial charge in [0.15, 0.2) is 0 Å². The zero-order valence-corrected chi connectivity index (χ0v) is 10.6. The normalized spacial score (nSPS) is 10.6. The molecule has 0 bridgehead atoms. The molecule has 0 radical (unpaired) electrons. The van der Waals surface area contributed by atoms with Gasteiger partial charge in [0, 0.05) is 6.07 Å². The second-order valence-corrected chi connectivity index (χ2v) is 3.63. The maximum atomic E-state index is 12.9. The number of carbonyl (C=O) groups is 1. The molecule has 0 aliphatic carbocycles. The summed E-state index contributed by atoms with van der Waals surface area (Å²) in [6.45, 7) is 0. The Morgan fingerprint density at radius 3 is 2.61 bits per heavy atom. The summed E-state index contributed by atoms with van der Waals surface area (Å²) in [6.07, 6.45) is -2.87. The minimum atomic E-state index is -2.74. The van der Waals surface area contributed by atoms with Crippen LogP contribution in [0.5, 0.6) is 5.75 Å². The first-order chi connectivity index (χ1) is 8.53. The van der Waals surface area contributed by atoms with Crippen LogP contribution in [-0.4, -0.2) is 25.2 Å². The molecule has 7 heteroatoms. The standard InChI is InChI=1S/C11H12ClF2NO3/c1-17-8-3-6(4-9(16)18-2)15-7(5-12)10(8)11(13)14/h3,11H,4-5H2,1-2H3. The van der Waals surface area contributed by atoms with E-state index in [-0.39, 0.29) is 35.0 Å². The van der Waals surface area contributed by atoms with Gasteiger partial charge < -0.3 is 9.47 Å². The summed E-state index contributed by atoms with van der Waals surface area (Å²) in [6, 6.07) is 1.29. The predicted octanol–water partition coefficient (Wildman–Crippen LogP) is 2.48. The van der Waals surface area contributed by atoms with Gasteiger partial charge in [-0.2, -0.15) is 0 Å². The number of rotatable bonds is 5. The molecular formula is C11H12ClF2NO3. The number of carbonyl (C=O) groups excluding carboxylic acids is 1. The Bertz CT molecular complexity index is 415. The summed E-state index contributed by atoms with van der Waals surface area (Å²) in [5, 5.41) is 0. The molecule has 0 aliphatic heterocycles. The van der Waals surface area contributed by atoms with Crippen LogP contribution in [0.4, 0.5) is 8.78 Å². The van der Waals surface area contributed by atoms with Crippen molar-refractivity contribution in [3.63, 3.8) is 0 Å². The summed E-state index contributed by atoms with van der Waals surface area (Å²) in [5.41, 5.74) is -0.0650. The summed E-state index contributed by atoms with van der Waals surface area (Å²) in [5.74, 6) is -0.741. The van der Waals surface area contributed by atoms with Crippen LogP contribution in [0, 0.1) is 0 Å². The summed E-state index contributed by atoms with van der Waals surface area (Å²) < 4.78 is 35.1. The fraction of sp³-hybridized carbons (Fsp3) is 0.455. The zero-order chi connectivity index (χ0) is 13.7. The molecule has 1 aromatic rings. The molecule has 0 unspecified atom stereocenters. The molecule has 4 nitrogen and oxygen atoms in total. The quantitative estimate of drug-likeness (QED) is 0.614. The van der Waals surface area contributed by atoms with Crippen LogP contribution in [0.1, 0.15) is 23.4 Å². The van der Waals surface area contributed by atoms with E-state index in [0.29, 0.717) is 0 Å². The minimum Gasteiger partial charge on any atom is -0.496 e. The number of hydrogen-bond donors (Lipinski definition) is 0. The molecule has 0 spiro atoms. The van der Waals surface area contributed by atoms with E-state index in [1.165, 1.54) is 20.3 Å². The Labute approximate surface area is 108 Å². The lowest BCUT2D eigenvalue weighted by atomic mass is 10.1. The van der Waals surface area contributed by atoms with E-state index in [1.54, 1.807) is 0 Å². The van der Waals surface area contributed by atoms with Crippen LogP contribution in [0.25, 0.3) is 0 Å². The van der Waals surface area contributed by atoms with E-state index in [0.717, 1.165) is 0 Å². The van der Waals surface area contributed by atoms with Crippen molar-refractivity contribution >= 4 is 17.6 Å². The van der Waals surface area contributed by atoms with Gasteiger partial charge in [-0.1, -0.05) is 0 Å². The summed E-state index contributed by atoms with van der Waals surface area (Å²) in [4.78, 5) is 15.0. The van der Waals surface area contributed by atoms with Gasteiger partial charge in [-0.15, -0.1) is 11.6 Å². The van der Waals surface area contributed by atoms with Gasteiger partial charge in [0.05, 0.1) is 43.5 Å². The van der Waals surface area contributed by atoms with Gasteiger partial charge in [-0.25, -0.2) is 8.78 Å². The average molecular weight is 280 g/mol. The van der Waals surface area contributed by atoms with Crippen LogP contribution < -0.4 is 4.74 Å². The van der Waals surface area contributed by atoms with E-state index in [1.807, 2.05) is 0 Å². The highest BCUT2D eigenvalue weighted by atomic mass is 35.5. The molecule has 0 aromatic carbocycles. The predicted molar refractivity (Wildman–Crippen MR) is 61.0 cm³/mol. The van der Waals surface area contributed by atoms with Crippen molar-refractivity contribution in [1.29, 1.82) is 0 Å². The molecule has 0 amide bonds. The van der Waals surface area contributed by atoms with Crippen LogP contribution in [0.3, 0.4) is 0 Å². The highest BCUT2D eigenvalue weighted by Gasteiger charge is 2.21. The number of methoxy groups -OCH3 is 2. The molecule has 0 fully saturated rings. The lowest BCUT2D eigenvalue weighted by molar-refractivity contribution is -0.139. The Kier molecular flexibility index (Phi) is 5.27. The van der Waals surface area contributed by atoms with Gasteiger partial charge >= 0.3 is 5.97 Å². The van der Waals surface area contributed by atoms with Gasteiger partial charge in [0.1, 0.15) is 5.75 Å². The van der Waals surface area contributed by atoms with Gasteiger partial charge in [-0.05, 0) is 0 Å². The molecule has 1 aromatic heterocycles. The topological polar surface area (TPSA) is 48.4 Å². The number of aromatic nitrogens is 1. The van der Waals surface area contributed by atoms with Crippen molar-refractivity contribution in [2.24, 2.45) is 0 Å². The first kappa shape index (κ1) is 14.6. The number of ether oxygens (including phenoxy) is 2. The SMILES string of the molecule is COC(=O)Cc1cc(OC)c(C(F)F)c(CCl)n1. The zero-order valence-electron chi connectivity index (χ0n) is 9.87. The number of pyridine rings is 1. The van der Waals surface area contributed by atoms with Crippen molar-refractivity contribution in [1.82, 2.24) is 4.98 Å². The third-order valence-corrected chi connectivity index (χ3v) is 2.52. The molecule has 18 heavy (non-hydrogen) atoms. The van der Waals surface area contributed by atoms with E-state index in [2.05, 4.69) is 9.72 Å². The summed E-state index contributed by atoms with van der Waals surface area (Å²) in [7, 11) is 2.50. The van der Waals surface area contributed by atoms with Gasteiger partial charge in [-0.3, -0.25) is 9.78 Å². The Hall–Kier alpha value is -1.43. The first-order valence-corrected chi connectivity index (χ1v) is 5.54. The molecule has 0 atom stereocenters. The van der Waals surface area contributed by atoms with Crippen LogP contribution in [0.2, 0.25) is 0 Å². The van der Waals surface area contributed by atoms with E-state index >= 15 is 0 Å². The van der Waals surface area contributed by atoms with Crippen molar-refractivity contribution < 1.29 is 23.0 Å². The van der Waals surface area contributed by atoms with Crippen molar-refractivity contribution in [3.05, 3.63) is 23.0 Å². The van der Waals surface area contributed by atoms with Crippen molar-refractivity contribution in [2.45, 2.75) is 18.7 Å². The largest absolute Gasteiger partial charge is 0.496 e. The molecule has 1 rings (SSSR count). The molecule has 0 saturated heterocycles.